The topological polar surface area (TPSA) is 66.4 Å². The van der Waals surface area contributed by atoms with Crippen molar-refractivity contribution < 1.29 is 14.7 Å². The van der Waals surface area contributed by atoms with Crippen LogP contribution in [-0.4, -0.2) is 23.5 Å². The van der Waals surface area contributed by atoms with E-state index in [1.807, 2.05) is 6.92 Å². The van der Waals surface area contributed by atoms with Gasteiger partial charge in [0.2, 0.25) is 5.91 Å². The molecular weight excluding hydrogens is 194 g/mol. The zero-order valence-corrected chi connectivity index (χ0v) is 9.21. The van der Waals surface area contributed by atoms with Gasteiger partial charge in [-0.1, -0.05) is 13.3 Å². The summed E-state index contributed by atoms with van der Waals surface area (Å²) in [4.78, 5) is 22.0. The van der Waals surface area contributed by atoms with Crippen LogP contribution in [0.3, 0.4) is 0 Å². The third-order valence-corrected chi connectivity index (χ3v) is 3.32. The lowest BCUT2D eigenvalue weighted by molar-refractivity contribution is -0.138. The van der Waals surface area contributed by atoms with Crippen LogP contribution in [0.15, 0.2) is 0 Å². The lowest BCUT2D eigenvalue weighted by Crippen LogP contribution is -2.45. The number of nitrogens with one attached hydrogen (secondary N) is 1. The van der Waals surface area contributed by atoms with Crippen molar-refractivity contribution in [1.82, 2.24) is 5.32 Å². The number of carboxylic acid groups (broad SMARTS) is 1. The third kappa shape index (κ3) is 2.94. The molecule has 0 aromatic carbocycles. The lowest BCUT2D eigenvalue weighted by atomic mass is 9.66. The van der Waals surface area contributed by atoms with E-state index < -0.39 is 5.97 Å². The average Bonchev–Trinajstić information content (AvgIpc) is 2.11. The van der Waals surface area contributed by atoms with Gasteiger partial charge in [0.05, 0.1) is 0 Å². The predicted octanol–water partition coefficient (Wildman–Crippen LogP) is 1.55. The lowest BCUT2D eigenvalue weighted by Gasteiger charge is -2.39. The van der Waals surface area contributed by atoms with Crippen molar-refractivity contribution in [1.29, 1.82) is 0 Å². The van der Waals surface area contributed by atoms with Crippen molar-refractivity contribution in [2.24, 2.45) is 5.41 Å². The molecule has 1 rings (SSSR count). The van der Waals surface area contributed by atoms with E-state index in [1.54, 1.807) is 0 Å². The highest BCUT2D eigenvalue weighted by Crippen LogP contribution is 2.43. The molecule has 15 heavy (non-hydrogen) atoms. The first kappa shape index (κ1) is 12.0. The molecule has 1 fully saturated rings. The Bertz CT molecular complexity index is 241. The molecular formula is C11H19NO3. The van der Waals surface area contributed by atoms with Crippen molar-refractivity contribution in [3.05, 3.63) is 0 Å². The first-order valence-corrected chi connectivity index (χ1v) is 5.61. The summed E-state index contributed by atoms with van der Waals surface area (Å²) in [6, 6.07) is 0. The Labute approximate surface area is 90.0 Å². The van der Waals surface area contributed by atoms with Crippen LogP contribution in [0.2, 0.25) is 0 Å². The Balaban J connectivity index is 2.21. The van der Waals surface area contributed by atoms with E-state index >= 15 is 0 Å². The molecule has 0 aromatic heterocycles. The van der Waals surface area contributed by atoms with Crippen LogP contribution in [0.1, 0.15) is 45.4 Å². The second-order valence-corrected chi connectivity index (χ2v) is 4.24. The molecule has 0 saturated heterocycles. The summed E-state index contributed by atoms with van der Waals surface area (Å²) in [5.41, 5.74) is -0.136. The number of hydrogen-bond acceptors (Lipinski definition) is 2. The van der Waals surface area contributed by atoms with Gasteiger partial charge in [-0.25, -0.2) is 0 Å². The van der Waals surface area contributed by atoms with Crippen LogP contribution in [0.25, 0.3) is 0 Å². The van der Waals surface area contributed by atoms with Gasteiger partial charge in [-0.2, -0.15) is 0 Å². The SMILES string of the molecule is CCC1(C(=O)NCCCC(=O)O)CCC1. The molecule has 0 radical (unpaired) electrons. The summed E-state index contributed by atoms with van der Waals surface area (Å²) in [5, 5.41) is 11.3. The number of carboxylic acids is 1. The monoisotopic (exact) mass is 213 g/mol. The number of carbonyl (C=O) groups excluding carboxylic acids is 1. The van der Waals surface area contributed by atoms with Gasteiger partial charge in [0.25, 0.3) is 0 Å². The van der Waals surface area contributed by atoms with Crippen molar-refractivity contribution in [2.45, 2.75) is 45.4 Å². The van der Waals surface area contributed by atoms with Gasteiger partial charge >= 0.3 is 5.97 Å². The van der Waals surface area contributed by atoms with Crippen LogP contribution in [0, 0.1) is 5.41 Å². The first-order chi connectivity index (χ1) is 7.10. The van der Waals surface area contributed by atoms with Crippen molar-refractivity contribution in [3.8, 4) is 0 Å². The van der Waals surface area contributed by atoms with E-state index in [0.29, 0.717) is 13.0 Å². The van der Waals surface area contributed by atoms with E-state index in [4.69, 9.17) is 5.11 Å². The van der Waals surface area contributed by atoms with Crippen LogP contribution in [0.4, 0.5) is 0 Å². The highest BCUT2D eigenvalue weighted by atomic mass is 16.4. The Morgan fingerprint density at radius 3 is 2.47 bits per heavy atom. The molecule has 2 N–H and O–H groups in total. The summed E-state index contributed by atoms with van der Waals surface area (Å²) in [6.07, 6.45) is 4.62. The molecule has 0 unspecified atom stereocenters. The molecule has 1 amide bonds. The molecule has 1 aliphatic rings. The van der Waals surface area contributed by atoms with Crippen LogP contribution in [0.5, 0.6) is 0 Å². The Morgan fingerprint density at radius 2 is 2.07 bits per heavy atom. The predicted molar refractivity (Wildman–Crippen MR) is 56.5 cm³/mol. The van der Waals surface area contributed by atoms with Crippen molar-refractivity contribution >= 4 is 11.9 Å². The fourth-order valence-corrected chi connectivity index (χ4v) is 1.97. The summed E-state index contributed by atoms with van der Waals surface area (Å²) in [6.45, 7) is 2.52. The van der Waals surface area contributed by atoms with Gasteiger partial charge in [0.1, 0.15) is 0 Å². The Morgan fingerprint density at radius 1 is 1.40 bits per heavy atom. The highest BCUT2D eigenvalue weighted by molar-refractivity contribution is 5.83. The Kier molecular flexibility index (Phi) is 4.12. The van der Waals surface area contributed by atoms with Gasteiger partial charge < -0.3 is 10.4 Å². The maximum atomic E-state index is 11.8. The molecule has 4 nitrogen and oxygen atoms in total. The number of carbonyl (C=O) groups is 2. The molecule has 0 aliphatic heterocycles. The normalized spacial score (nSPS) is 17.9. The summed E-state index contributed by atoms with van der Waals surface area (Å²) < 4.78 is 0. The third-order valence-electron chi connectivity index (χ3n) is 3.32. The standard InChI is InChI=1S/C11H19NO3/c1-2-11(6-4-7-11)10(15)12-8-3-5-9(13)14/h2-8H2,1H3,(H,12,15)(H,13,14). The molecule has 1 saturated carbocycles. The quantitative estimate of drug-likeness (QED) is 0.658. The van der Waals surface area contributed by atoms with Gasteiger partial charge in [-0.05, 0) is 25.7 Å². The van der Waals surface area contributed by atoms with E-state index in [1.165, 1.54) is 0 Å². The van der Waals surface area contributed by atoms with E-state index in [9.17, 15) is 9.59 Å². The molecule has 4 heteroatoms. The van der Waals surface area contributed by atoms with Gasteiger partial charge in [-0.15, -0.1) is 0 Å². The number of rotatable bonds is 6. The summed E-state index contributed by atoms with van der Waals surface area (Å²) >= 11 is 0. The zero-order chi connectivity index (χ0) is 11.3. The maximum Gasteiger partial charge on any atom is 0.303 e. The second kappa shape index (κ2) is 5.14. The second-order valence-electron chi connectivity index (χ2n) is 4.24. The minimum Gasteiger partial charge on any atom is -0.481 e. The van der Waals surface area contributed by atoms with Crippen molar-refractivity contribution in [3.63, 3.8) is 0 Å². The highest BCUT2D eigenvalue weighted by Gasteiger charge is 2.41. The molecule has 0 bridgehead atoms. The van der Waals surface area contributed by atoms with E-state index in [2.05, 4.69) is 5.32 Å². The average molecular weight is 213 g/mol. The van der Waals surface area contributed by atoms with Gasteiger partial charge in [-0.3, -0.25) is 9.59 Å². The van der Waals surface area contributed by atoms with Crippen molar-refractivity contribution in [2.75, 3.05) is 6.54 Å². The fraction of sp³-hybridized carbons (Fsp3) is 0.818. The summed E-state index contributed by atoms with van der Waals surface area (Å²) in [5.74, 6) is -0.695. The number of aliphatic carboxylic acids is 1. The van der Waals surface area contributed by atoms with Gasteiger partial charge in [0, 0.05) is 18.4 Å². The summed E-state index contributed by atoms with van der Waals surface area (Å²) in [7, 11) is 0. The largest absolute Gasteiger partial charge is 0.481 e. The molecule has 1 aliphatic carbocycles. The molecule has 0 atom stereocenters. The molecule has 0 heterocycles. The van der Waals surface area contributed by atoms with Gasteiger partial charge in [0.15, 0.2) is 0 Å². The number of amides is 1. The molecule has 0 spiro atoms. The van der Waals surface area contributed by atoms with Crippen LogP contribution < -0.4 is 5.32 Å². The molecule has 86 valence electrons. The fourth-order valence-electron chi connectivity index (χ4n) is 1.97. The van der Waals surface area contributed by atoms with E-state index in [0.717, 1.165) is 25.7 Å². The Hall–Kier alpha value is -1.06. The number of hydrogen-bond donors (Lipinski definition) is 2. The van der Waals surface area contributed by atoms with E-state index in [-0.39, 0.29) is 17.7 Å². The zero-order valence-electron chi connectivity index (χ0n) is 9.21. The van der Waals surface area contributed by atoms with Crippen LogP contribution >= 0.6 is 0 Å². The smallest absolute Gasteiger partial charge is 0.303 e. The maximum absolute atomic E-state index is 11.8. The first-order valence-electron chi connectivity index (χ1n) is 5.61. The minimum absolute atomic E-state index is 0.113. The van der Waals surface area contributed by atoms with Crippen LogP contribution in [-0.2, 0) is 9.59 Å². The minimum atomic E-state index is -0.807. The molecule has 0 aromatic rings.